The van der Waals surface area contributed by atoms with E-state index < -0.39 is 0 Å². The standard InChI is InChI=1S/C10H10IN3O/c1-14(2)10(15)9-7-5-6(11)3-4-8(7)12-13-9/h3-5H,1-2H3,(H,12,13). The summed E-state index contributed by atoms with van der Waals surface area (Å²) in [6.07, 6.45) is 0. The molecule has 0 spiro atoms. The SMILES string of the molecule is CN(C)C(=O)c1n[nH]c2ccc(I)cc12. The Hall–Kier alpha value is -1.11. The topological polar surface area (TPSA) is 49.0 Å². The molecule has 0 unspecified atom stereocenters. The maximum atomic E-state index is 11.8. The molecule has 0 bridgehead atoms. The Morgan fingerprint density at radius 1 is 1.47 bits per heavy atom. The third-order valence-electron chi connectivity index (χ3n) is 2.13. The molecule has 0 fully saturated rings. The highest BCUT2D eigenvalue weighted by Gasteiger charge is 2.15. The van der Waals surface area contributed by atoms with Crippen molar-refractivity contribution >= 4 is 39.4 Å². The predicted molar refractivity (Wildman–Crippen MR) is 66.8 cm³/mol. The summed E-state index contributed by atoms with van der Waals surface area (Å²) in [6, 6.07) is 5.86. The fraction of sp³-hybridized carbons (Fsp3) is 0.200. The van der Waals surface area contributed by atoms with Crippen LogP contribution < -0.4 is 0 Å². The second-order valence-corrected chi connectivity index (χ2v) is 4.71. The first-order valence-corrected chi connectivity index (χ1v) is 5.53. The average molecular weight is 315 g/mol. The molecule has 78 valence electrons. The molecular weight excluding hydrogens is 305 g/mol. The average Bonchev–Trinajstić information content (AvgIpc) is 2.59. The molecule has 0 aliphatic carbocycles. The lowest BCUT2D eigenvalue weighted by Gasteiger charge is -2.07. The number of carbonyl (C=O) groups excluding carboxylic acids is 1. The van der Waals surface area contributed by atoms with Gasteiger partial charge in [0.1, 0.15) is 0 Å². The van der Waals surface area contributed by atoms with E-state index in [0.717, 1.165) is 14.5 Å². The van der Waals surface area contributed by atoms with Gasteiger partial charge in [-0.05, 0) is 40.8 Å². The number of aromatic nitrogens is 2. The third kappa shape index (κ3) is 1.83. The summed E-state index contributed by atoms with van der Waals surface area (Å²) in [6.45, 7) is 0. The Kier molecular flexibility index (Phi) is 2.64. The van der Waals surface area contributed by atoms with Gasteiger partial charge in [0.05, 0.1) is 5.52 Å². The first-order chi connectivity index (χ1) is 7.09. The lowest BCUT2D eigenvalue weighted by Crippen LogP contribution is -2.22. The molecule has 0 aliphatic heterocycles. The lowest BCUT2D eigenvalue weighted by molar-refractivity contribution is 0.0824. The van der Waals surface area contributed by atoms with E-state index in [2.05, 4.69) is 32.8 Å². The maximum absolute atomic E-state index is 11.8. The van der Waals surface area contributed by atoms with E-state index in [9.17, 15) is 4.79 Å². The minimum atomic E-state index is -0.0803. The molecule has 0 radical (unpaired) electrons. The van der Waals surface area contributed by atoms with E-state index in [1.807, 2.05) is 18.2 Å². The molecule has 0 atom stereocenters. The number of hydrogen-bond acceptors (Lipinski definition) is 2. The van der Waals surface area contributed by atoms with Crippen LogP contribution >= 0.6 is 22.6 Å². The normalized spacial score (nSPS) is 10.6. The zero-order valence-corrected chi connectivity index (χ0v) is 10.6. The molecule has 0 aliphatic rings. The molecule has 1 heterocycles. The van der Waals surface area contributed by atoms with Crippen LogP contribution in [0.1, 0.15) is 10.5 Å². The molecule has 0 saturated carbocycles. The Morgan fingerprint density at radius 2 is 2.20 bits per heavy atom. The molecule has 1 aromatic heterocycles. The predicted octanol–water partition coefficient (Wildman–Crippen LogP) is 1.87. The maximum Gasteiger partial charge on any atom is 0.274 e. The summed E-state index contributed by atoms with van der Waals surface area (Å²) < 4.78 is 1.09. The summed E-state index contributed by atoms with van der Waals surface area (Å²) in [5, 5.41) is 7.76. The van der Waals surface area contributed by atoms with Crippen molar-refractivity contribution in [1.82, 2.24) is 15.1 Å². The molecule has 1 N–H and O–H groups in total. The van der Waals surface area contributed by atoms with Crippen molar-refractivity contribution in [2.45, 2.75) is 0 Å². The van der Waals surface area contributed by atoms with Crippen LogP contribution in [-0.4, -0.2) is 35.1 Å². The van der Waals surface area contributed by atoms with Crippen molar-refractivity contribution in [3.63, 3.8) is 0 Å². The zero-order valence-electron chi connectivity index (χ0n) is 8.41. The Balaban J connectivity index is 2.62. The quantitative estimate of drug-likeness (QED) is 0.817. The molecular formula is C10H10IN3O. The second-order valence-electron chi connectivity index (χ2n) is 3.46. The highest BCUT2D eigenvalue weighted by molar-refractivity contribution is 14.1. The van der Waals surface area contributed by atoms with Crippen LogP contribution in [0.25, 0.3) is 10.9 Å². The van der Waals surface area contributed by atoms with Gasteiger partial charge in [-0.3, -0.25) is 9.89 Å². The summed E-state index contributed by atoms with van der Waals surface area (Å²) in [5.41, 5.74) is 1.37. The van der Waals surface area contributed by atoms with Crippen LogP contribution in [0.15, 0.2) is 18.2 Å². The van der Waals surface area contributed by atoms with Gasteiger partial charge in [0.25, 0.3) is 5.91 Å². The molecule has 1 aromatic carbocycles. The van der Waals surface area contributed by atoms with Crippen molar-refractivity contribution in [1.29, 1.82) is 0 Å². The molecule has 15 heavy (non-hydrogen) atoms. The molecule has 2 aromatic rings. The minimum Gasteiger partial charge on any atom is -0.343 e. The Labute approximate surface area is 101 Å². The number of rotatable bonds is 1. The third-order valence-corrected chi connectivity index (χ3v) is 2.80. The highest BCUT2D eigenvalue weighted by Crippen LogP contribution is 2.19. The number of benzene rings is 1. The van der Waals surface area contributed by atoms with E-state index in [4.69, 9.17) is 0 Å². The van der Waals surface area contributed by atoms with Crippen LogP contribution in [-0.2, 0) is 0 Å². The summed E-state index contributed by atoms with van der Waals surface area (Å²) in [5.74, 6) is -0.0803. The summed E-state index contributed by atoms with van der Waals surface area (Å²) in [4.78, 5) is 13.3. The second kappa shape index (κ2) is 3.80. The first kappa shape index (κ1) is 10.4. The number of fused-ring (bicyclic) bond motifs is 1. The lowest BCUT2D eigenvalue weighted by atomic mass is 10.2. The molecule has 0 saturated heterocycles. The van der Waals surface area contributed by atoms with Crippen LogP contribution in [0, 0.1) is 3.57 Å². The number of nitrogens with zero attached hydrogens (tertiary/aromatic N) is 2. The number of aromatic amines is 1. The van der Waals surface area contributed by atoms with Crippen molar-refractivity contribution in [2.24, 2.45) is 0 Å². The summed E-state index contributed by atoms with van der Waals surface area (Å²) in [7, 11) is 3.44. The fourth-order valence-electron chi connectivity index (χ4n) is 1.36. The Bertz CT molecular complexity index is 518. The van der Waals surface area contributed by atoms with Crippen molar-refractivity contribution in [3.05, 3.63) is 27.5 Å². The summed E-state index contributed by atoms with van der Waals surface area (Å²) >= 11 is 2.22. The van der Waals surface area contributed by atoms with Gasteiger partial charge < -0.3 is 4.90 Å². The van der Waals surface area contributed by atoms with Gasteiger partial charge in [-0.15, -0.1) is 0 Å². The molecule has 4 nitrogen and oxygen atoms in total. The van der Waals surface area contributed by atoms with Crippen LogP contribution in [0.5, 0.6) is 0 Å². The number of nitrogens with one attached hydrogen (secondary N) is 1. The van der Waals surface area contributed by atoms with Crippen LogP contribution in [0.3, 0.4) is 0 Å². The molecule has 1 amide bonds. The van der Waals surface area contributed by atoms with E-state index >= 15 is 0 Å². The first-order valence-electron chi connectivity index (χ1n) is 4.45. The van der Waals surface area contributed by atoms with Crippen LogP contribution in [0.2, 0.25) is 0 Å². The Morgan fingerprint density at radius 3 is 2.87 bits per heavy atom. The van der Waals surface area contributed by atoms with Crippen molar-refractivity contribution in [3.8, 4) is 0 Å². The van der Waals surface area contributed by atoms with E-state index in [1.165, 1.54) is 4.90 Å². The van der Waals surface area contributed by atoms with Gasteiger partial charge in [-0.1, -0.05) is 0 Å². The van der Waals surface area contributed by atoms with Gasteiger partial charge in [0.2, 0.25) is 0 Å². The van der Waals surface area contributed by atoms with Crippen molar-refractivity contribution in [2.75, 3.05) is 14.1 Å². The monoisotopic (exact) mass is 315 g/mol. The van der Waals surface area contributed by atoms with E-state index in [0.29, 0.717) is 5.69 Å². The zero-order chi connectivity index (χ0) is 11.0. The number of carbonyl (C=O) groups is 1. The van der Waals surface area contributed by atoms with Crippen molar-refractivity contribution < 1.29 is 4.79 Å². The van der Waals surface area contributed by atoms with E-state index in [-0.39, 0.29) is 5.91 Å². The molecule has 2 rings (SSSR count). The smallest absolute Gasteiger partial charge is 0.274 e. The fourth-order valence-corrected chi connectivity index (χ4v) is 1.85. The molecule has 5 heteroatoms. The number of amides is 1. The van der Waals surface area contributed by atoms with Gasteiger partial charge in [-0.25, -0.2) is 0 Å². The number of halogens is 1. The number of H-pyrrole nitrogens is 1. The number of hydrogen-bond donors (Lipinski definition) is 1. The van der Waals surface area contributed by atoms with Gasteiger partial charge in [-0.2, -0.15) is 5.10 Å². The highest BCUT2D eigenvalue weighted by atomic mass is 127. The van der Waals surface area contributed by atoms with E-state index in [1.54, 1.807) is 14.1 Å². The van der Waals surface area contributed by atoms with Gasteiger partial charge in [0, 0.05) is 23.1 Å². The van der Waals surface area contributed by atoms with Crippen LogP contribution in [0.4, 0.5) is 0 Å². The van der Waals surface area contributed by atoms with Gasteiger partial charge >= 0.3 is 0 Å². The largest absolute Gasteiger partial charge is 0.343 e. The minimum absolute atomic E-state index is 0.0803. The van der Waals surface area contributed by atoms with Gasteiger partial charge in [0.15, 0.2) is 5.69 Å².